The smallest absolute Gasteiger partial charge is 0.112 e. The summed E-state index contributed by atoms with van der Waals surface area (Å²) in [6.45, 7) is 14.5. The fraction of sp³-hybridized carbons (Fsp3) is 0.567. The van der Waals surface area contributed by atoms with Crippen molar-refractivity contribution in [1.82, 2.24) is 14.5 Å². The number of hydrogen-bond donors (Lipinski definition) is 0. The monoisotopic (exact) mass is 459 g/mol. The van der Waals surface area contributed by atoms with Gasteiger partial charge in [0.1, 0.15) is 5.82 Å². The Balaban J connectivity index is 1.32. The molecule has 182 valence electrons. The minimum atomic E-state index is 0.182. The Kier molecular flexibility index (Phi) is 6.56. The van der Waals surface area contributed by atoms with E-state index in [0.717, 1.165) is 30.9 Å². The SMILES string of the molecule is CO[C@@H]1CN(CC2Cc3ccc(C(C)C)cc3C2)CC[C@H]1n1c(C(C)C)nc2cc(C)ccc21. The molecule has 0 spiro atoms. The van der Waals surface area contributed by atoms with Crippen LogP contribution in [0.5, 0.6) is 0 Å². The Morgan fingerprint density at radius 1 is 1.00 bits per heavy atom. The van der Waals surface area contributed by atoms with Crippen LogP contribution in [0.1, 0.15) is 80.1 Å². The van der Waals surface area contributed by atoms with Crippen LogP contribution in [-0.2, 0) is 17.6 Å². The summed E-state index contributed by atoms with van der Waals surface area (Å²) >= 11 is 0. The van der Waals surface area contributed by atoms with E-state index in [4.69, 9.17) is 9.72 Å². The Morgan fingerprint density at radius 3 is 2.53 bits per heavy atom. The first-order valence-electron chi connectivity index (χ1n) is 13.2. The summed E-state index contributed by atoms with van der Waals surface area (Å²) in [7, 11) is 1.89. The van der Waals surface area contributed by atoms with Gasteiger partial charge in [0.25, 0.3) is 0 Å². The van der Waals surface area contributed by atoms with Crippen LogP contribution >= 0.6 is 0 Å². The molecule has 0 saturated carbocycles. The molecule has 3 aromatic rings. The van der Waals surface area contributed by atoms with E-state index < -0.39 is 0 Å². The molecule has 3 atom stereocenters. The summed E-state index contributed by atoms with van der Waals surface area (Å²) < 4.78 is 8.65. The number of rotatable bonds is 6. The number of hydrogen-bond acceptors (Lipinski definition) is 3. The van der Waals surface area contributed by atoms with Crippen molar-refractivity contribution in [1.29, 1.82) is 0 Å². The number of nitrogens with zero attached hydrogens (tertiary/aromatic N) is 3. The highest BCUT2D eigenvalue weighted by atomic mass is 16.5. The molecule has 5 rings (SSSR count). The van der Waals surface area contributed by atoms with E-state index in [2.05, 4.69) is 80.5 Å². The third kappa shape index (κ3) is 4.43. The number of aromatic nitrogens is 2. The number of ether oxygens (including phenoxy) is 1. The zero-order chi connectivity index (χ0) is 24.0. The van der Waals surface area contributed by atoms with Crippen molar-refractivity contribution in [3.8, 4) is 0 Å². The fourth-order valence-corrected chi connectivity index (χ4v) is 6.23. The Bertz CT molecular complexity index is 1160. The lowest BCUT2D eigenvalue weighted by Gasteiger charge is -2.40. The van der Waals surface area contributed by atoms with Gasteiger partial charge in [-0.1, -0.05) is 52.0 Å². The predicted molar refractivity (Wildman–Crippen MR) is 141 cm³/mol. The average Bonchev–Trinajstić information content (AvgIpc) is 3.38. The van der Waals surface area contributed by atoms with E-state index in [1.807, 2.05) is 7.11 Å². The lowest BCUT2D eigenvalue weighted by Crippen LogP contribution is -2.47. The van der Waals surface area contributed by atoms with Crippen LogP contribution in [0.3, 0.4) is 0 Å². The number of methoxy groups -OCH3 is 1. The number of aryl methyl sites for hydroxylation is 1. The molecule has 1 unspecified atom stereocenters. The summed E-state index contributed by atoms with van der Waals surface area (Å²) in [5, 5.41) is 0. The van der Waals surface area contributed by atoms with Crippen molar-refractivity contribution in [2.24, 2.45) is 5.92 Å². The highest BCUT2D eigenvalue weighted by Crippen LogP contribution is 2.35. The van der Waals surface area contributed by atoms with Crippen LogP contribution in [-0.4, -0.2) is 47.3 Å². The second kappa shape index (κ2) is 9.47. The quantitative estimate of drug-likeness (QED) is 0.435. The fourth-order valence-electron chi connectivity index (χ4n) is 6.23. The Morgan fingerprint density at radius 2 is 1.79 bits per heavy atom. The van der Waals surface area contributed by atoms with E-state index in [9.17, 15) is 0 Å². The molecule has 4 nitrogen and oxygen atoms in total. The van der Waals surface area contributed by atoms with E-state index in [-0.39, 0.29) is 6.10 Å². The zero-order valence-corrected chi connectivity index (χ0v) is 21.8. The first-order chi connectivity index (χ1) is 16.3. The van der Waals surface area contributed by atoms with Gasteiger partial charge in [0.15, 0.2) is 0 Å². The van der Waals surface area contributed by atoms with Gasteiger partial charge in [-0.25, -0.2) is 4.98 Å². The van der Waals surface area contributed by atoms with Crippen LogP contribution < -0.4 is 0 Å². The number of benzene rings is 2. The molecule has 1 saturated heterocycles. The lowest BCUT2D eigenvalue weighted by molar-refractivity contribution is -0.00966. The van der Waals surface area contributed by atoms with Gasteiger partial charge in [0.2, 0.25) is 0 Å². The molecule has 34 heavy (non-hydrogen) atoms. The van der Waals surface area contributed by atoms with Crippen molar-refractivity contribution in [3.63, 3.8) is 0 Å². The lowest BCUT2D eigenvalue weighted by atomic mass is 9.97. The highest BCUT2D eigenvalue weighted by molar-refractivity contribution is 5.77. The molecule has 1 fully saturated rings. The van der Waals surface area contributed by atoms with Crippen molar-refractivity contribution in [3.05, 3.63) is 64.5 Å². The largest absolute Gasteiger partial charge is 0.378 e. The van der Waals surface area contributed by atoms with Gasteiger partial charge in [-0.05, 0) is 72.4 Å². The molecule has 0 bridgehead atoms. The molecule has 2 heterocycles. The van der Waals surface area contributed by atoms with Crippen LogP contribution in [0.15, 0.2) is 36.4 Å². The molecule has 0 N–H and O–H groups in total. The molecule has 4 heteroatoms. The predicted octanol–water partition coefficient (Wildman–Crippen LogP) is 6.27. The number of likely N-dealkylation sites (tertiary alicyclic amines) is 1. The van der Waals surface area contributed by atoms with Crippen molar-refractivity contribution >= 4 is 11.0 Å². The van der Waals surface area contributed by atoms with Crippen LogP contribution in [0.25, 0.3) is 11.0 Å². The highest BCUT2D eigenvalue weighted by Gasteiger charge is 2.35. The number of imidazole rings is 1. The number of fused-ring (bicyclic) bond motifs is 2. The molecule has 0 amide bonds. The van der Waals surface area contributed by atoms with Gasteiger partial charge in [-0.15, -0.1) is 0 Å². The van der Waals surface area contributed by atoms with E-state index in [1.165, 1.54) is 41.9 Å². The van der Waals surface area contributed by atoms with Crippen LogP contribution in [0.4, 0.5) is 0 Å². The average molecular weight is 460 g/mol. The summed E-state index contributed by atoms with van der Waals surface area (Å²) in [4.78, 5) is 7.71. The number of piperidine rings is 1. The van der Waals surface area contributed by atoms with Crippen LogP contribution in [0, 0.1) is 12.8 Å². The summed E-state index contributed by atoms with van der Waals surface area (Å²) in [5.74, 6) is 2.89. The van der Waals surface area contributed by atoms with Gasteiger partial charge in [0.05, 0.1) is 23.2 Å². The van der Waals surface area contributed by atoms with E-state index >= 15 is 0 Å². The molecule has 1 aromatic heterocycles. The van der Waals surface area contributed by atoms with Gasteiger partial charge < -0.3 is 14.2 Å². The molecular weight excluding hydrogens is 418 g/mol. The third-order valence-electron chi connectivity index (χ3n) is 8.06. The maximum absolute atomic E-state index is 6.14. The Hall–Kier alpha value is -2.17. The molecule has 2 aliphatic rings. The summed E-state index contributed by atoms with van der Waals surface area (Å²) in [6, 6.07) is 14.2. The first-order valence-corrected chi connectivity index (χ1v) is 13.2. The first kappa shape index (κ1) is 23.6. The van der Waals surface area contributed by atoms with Gasteiger partial charge >= 0.3 is 0 Å². The molecule has 1 aliphatic carbocycles. The molecule has 0 radical (unpaired) electrons. The van der Waals surface area contributed by atoms with E-state index in [1.54, 1.807) is 11.1 Å². The second-order valence-corrected chi connectivity index (χ2v) is 11.3. The minimum Gasteiger partial charge on any atom is -0.378 e. The third-order valence-corrected chi connectivity index (χ3v) is 8.06. The molecule has 1 aliphatic heterocycles. The van der Waals surface area contributed by atoms with Crippen molar-refractivity contribution < 1.29 is 4.74 Å². The maximum atomic E-state index is 6.14. The zero-order valence-electron chi connectivity index (χ0n) is 21.8. The summed E-state index contributed by atoms with van der Waals surface area (Å²) in [5.41, 5.74) is 8.25. The van der Waals surface area contributed by atoms with E-state index in [0.29, 0.717) is 17.9 Å². The summed E-state index contributed by atoms with van der Waals surface area (Å²) in [6.07, 6.45) is 3.72. The topological polar surface area (TPSA) is 30.3 Å². The van der Waals surface area contributed by atoms with Gasteiger partial charge in [-0.2, -0.15) is 0 Å². The van der Waals surface area contributed by atoms with Crippen molar-refractivity contribution in [2.75, 3.05) is 26.7 Å². The maximum Gasteiger partial charge on any atom is 0.112 e. The van der Waals surface area contributed by atoms with Gasteiger partial charge in [0, 0.05) is 32.7 Å². The molecular formula is C30H41N3O. The minimum absolute atomic E-state index is 0.182. The van der Waals surface area contributed by atoms with Crippen LogP contribution in [0.2, 0.25) is 0 Å². The van der Waals surface area contributed by atoms with Crippen molar-refractivity contribution in [2.45, 2.75) is 77.9 Å². The second-order valence-electron chi connectivity index (χ2n) is 11.3. The standard InChI is InChI=1S/C30H41N3O/c1-19(2)23-8-9-24-14-22(15-25(24)16-23)17-32-12-11-28(29(18-32)34-6)33-27-10-7-21(5)13-26(27)31-30(33)20(3)4/h7-10,13,16,19-20,22,28-29H,11-12,14-15,17-18H2,1-6H3/t22?,28-,29-/m1/s1. The Labute approximate surface area is 205 Å². The normalized spacial score (nSPS) is 23.4. The molecule has 2 aromatic carbocycles. The van der Waals surface area contributed by atoms with Gasteiger partial charge in [-0.3, -0.25) is 0 Å².